The molecule has 2 aromatic heterocycles. The molecule has 0 amide bonds. The summed E-state index contributed by atoms with van der Waals surface area (Å²) in [6, 6.07) is 3.50. The lowest BCUT2D eigenvalue weighted by Gasteiger charge is -2.11. The van der Waals surface area contributed by atoms with Gasteiger partial charge in [-0.3, -0.25) is 9.36 Å². The molecule has 0 aliphatic carbocycles. The van der Waals surface area contributed by atoms with Crippen molar-refractivity contribution in [1.82, 2.24) is 19.4 Å². The lowest BCUT2D eigenvalue weighted by molar-refractivity contribution is 0.379. The third kappa shape index (κ3) is 2.42. The number of rotatable bonds is 3. The summed E-state index contributed by atoms with van der Waals surface area (Å²) >= 11 is 5.17. The Kier molecular flexibility index (Phi) is 3.35. The number of pyridine rings is 1. The molecule has 2 heterocycles. The minimum Gasteiger partial charge on any atom is -0.316 e. The molecule has 0 saturated carbocycles. The Morgan fingerprint density at radius 3 is 3.00 bits per heavy atom. The quantitative estimate of drug-likeness (QED) is 0.826. The third-order valence-electron chi connectivity index (χ3n) is 2.52. The fraction of sp³-hybridized carbons (Fsp3) is 0.364. The number of fused-ring (bicyclic) bond motifs is 1. The zero-order valence-electron chi connectivity index (χ0n) is 9.80. The SMILES string of the molecule is CN(C)CCn1c(=S)[nH]c2ncccc2c1=O. The van der Waals surface area contributed by atoms with Crippen molar-refractivity contribution in [1.29, 1.82) is 0 Å². The third-order valence-corrected chi connectivity index (χ3v) is 2.85. The number of nitrogens with one attached hydrogen (secondary N) is 1. The van der Waals surface area contributed by atoms with Crippen LogP contribution in [0.4, 0.5) is 0 Å². The van der Waals surface area contributed by atoms with Gasteiger partial charge in [0.25, 0.3) is 5.56 Å². The van der Waals surface area contributed by atoms with Crippen molar-refractivity contribution in [2.75, 3.05) is 20.6 Å². The van der Waals surface area contributed by atoms with Crippen LogP contribution in [0.15, 0.2) is 23.1 Å². The zero-order chi connectivity index (χ0) is 12.4. The summed E-state index contributed by atoms with van der Waals surface area (Å²) in [7, 11) is 3.92. The van der Waals surface area contributed by atoms with Crippen molar-refractivity contribution < 1.29 is 0 Å². The Hall–Kier alpha value is -1.53. The molecule has 2 rings (SSSR count). The molecule has 0 aliphatic heterocycles. The maximum Gasteiger partial charge on any atom is 0.263 e. The normalized spacial score (nSPS) is 11.2. The molecule has 0 spiro atoms. The van der Waals surface area contributed by atoms with E-state index in [0.717, 1.165) is 6.54 Å². The Bertz CT molecular complexity index is 644. The number of H-pyrrole nitrogens is 1. The summed E-state index contributed by atoms with van der Waals surface area (Å²) in [6.07, 6.45) is 1.64. The standard InChI is InChI=1S/C11H14N4OS/c1-14(2)6-7-15-10(16)8-4-3-5-12-9(8)13-11(15)17/h3-5H,6-7H2,1-2H3,(H,12,13,17). The highest BCUT2D eigenvalue weighted by Crippen LogP contribution is 2.02. The molecule has 5 nitrogen and oxygen atoms in total. The van der Waals surface area contributed by atoms with Crippen molar-refractivity contribution in [2.24, 2.45) is 0 Å². The van der Waals surface area contributed by atoms with Gasteiger partial charge >= 0.3 is 0 Å². The Morgan fingerprint density at radius 2 is 2.29 bits per heavy atom. The molecule has 2 aromatic rings. The van der Waals surface area contributed by atoms with E-state index in [4.69, 9.17) is 12.2 Å². The van der Waals surface area contributed by atoms with Crippen LogP contribution in [0.2, 0.25) is 0 Å². The Labute approximate surface area is 104 Å². The minimum atomic E-state index is -0.0845. The number of likely N-dealkylation sites (N-methyl/N-ethyl adjacent to an activating group) is 1. The second-order valence-corrected chi connectivity index (χ2v) is 4.48. The lowest BCUT2D eigenvalue weighted by atomic mass is 10.3. The van der Waals surface area contributed by atoms with Crippen molar-refractivity contribution >= 4 is 23.3 Å². The molecule has 0 aromatic carbocycles. The van der Waals surface area contributed by atoms with Crippen LogP contribution in [0.1, 0.15) is 0 Å². The van der Waals surface area contributed by atoms with Gasteiger partial charge in [0.1, 0.15) is 5.65 Å². The molecule has 1 N–H and O–H groups in total. The van der Waals surface area contributed by atoms with Crippen LogP contribution in [0.5, 0.6) is 0 Å². The molecule has 6 heteroatoms. The number of nitrogens with zero attached hydrogens (tertiary/aromatic N) is 3. The first-order chi connectivity index (χ1) is 8.09. The first kappa shape index (κ1) is 11.9. The molecule has 0 atom stereocenters. The van der Waals surface area contributed by atoms with E-state index in [1.807, 2.05) is 19.0 Å². The van der Waals surface area contributed by atoms with E-state index >= 15 is 0 Å². The van der Waals surface area contributed by atoms with Gasteiger partial charge in [-0.05, 0) is 38.4 Å². The average molecular weight is 250 g/mol. The van der Waals surface area contributed by atoms with Crippen molar-refractivity contribution in [2.45, 2.75) is 6.54 Å². The van der Waals surface area contributed by atoms with E-state index in [1.54, 1.807) is 22.9 Å². The predicted molar refractivity (Wildman–Crippen MR) is 69.7 cm³/mol. The average Bonchev–Trinajstić information content (AvgIpc) is 2.28. The number of aromatic nitrogens is 3. The maximum absolute atomic E-state index is 12.2. The summed E-state index contributed by atoms with van der Waals surface area (Å²) < 4.78 is 1.99. The summed E-state index contributed by atoms with van der Waals surface area (Å²) in [5, 5.41) is 0.569. The van der Waals surface area contributed by atoms with Crippen LogP contribution in [0.3, 0.4) is 0 Å². The van der Waals surface area contributed by atoms with Crippen LogP contribution < -0.4 is 5.56 Å². The first-order valence-electron chi connectivity index (χ1n) is 5.32. The van der Waals surface area contributed by atoms with Crippen LogP contribution in [-0.2, 0) is 6.54 Å². The molecule has 17 heavy (non-hydrogen) atoms. The maximum atomic E-state index is 12.2. The summed E-state index contributed by atoms with van der Waals surface area (Å²) in [5.41, 5.74) is 0.460. The molecule has 0 aliphatic rings. The van der Waals surface area contributed by atoms with Gasteiger partial charge in [-0.2, -0.15) is 0 Å². The Morgan fingerprint density at radius 1 is 1.53 bits per heavy atom. The number of hydrogen-bond donors (Lipinski definition) is 1. The van der Waals surface area contributed by atoms with E-state index in [9.17, 15) is 4.79 Å². The van der Waals surface area contributed by atoms with Gasteiger partial charge in [-0.1, -0.05) is 0 Å². The number of hydrogen-bond acceptors (Lipinski definition) is 4. The summed E-state index contributed by atoms with van der Waals surface area (Å²) in [5.74, 6) is 0. The van der Waals surface area contributed by atoms with Gasteiger partial charge in [-0.25, -0.2) is 4.98 Å². The topological polar surface area (TPSA) is 53.9 Å². The highest BCUT2D eigenvalue weighted by molar-refractivity contribution is 7.71. The van der Waals surface area contributed by atoms with E-state index in [-0.39, 0.29) is 5.56 Å². The molecule has 0 bridgehead atoms. The largest absolute Gasteiger partial charge is 0.316 e. The van der Waals surface area contributed by atoms with E-state index in [2.05, 4.69) is 9.97 Å². The Balaban J connectivity index is 2.56. The monoisotopic (exact) mass is 250 g/mol. The molecule has 90 valence electrons. The van der Waals surface area contributed by atoms with Gasteiger partial charge in [-0.15, -0.1) is 0 Å². The second kappa shape index (κ2) is 4.77. The summed E-state index contributed by atoms with van der Waals surface area (Å²) in [6.45, 7) is 1.34. The van der Waals surface area contributed by atoms with E-state index in [0.29, 0.717) is 22.3 Å². The van der Waals surface area contributed by atoms with Crippen molar-refractivity contribution in [3.05, 3.63) is 33.5 Å². The highest BCUT2D eigenvalue weighted by Gasteiger charge is 2.05. The molecular formula is C11H14N4OS. The van der Waals surface area contributed by atoms with Crippen LogP contribution >= 0.6 is 12.2 Å². The van der Waals surface area contributed by atoms with Gasteiger partial charge in [0.05, 0.1) is 5.39 Å². The van der Waals surface area contributed by atoms with E-state index in [1.165, 1.54) is 0 Å². The van der Waals surface area contributed by atoms with E-state index < -0.39 is 0 Å². The molecule has 0 radical (unpaired) electrons. The van der Waals surface area contributed by atoms with Crippen LogP contribution in [0, 0.1) is 4.77 Å². The molecule has 0 fully saturated rings. The van der Waals surface area contributed by atoms with Gasteiger partial charge in [0.15, 0.2) is 4.77 Å². The lowest BCUT2D eigenvalue weighted by Crippen LogP contribution is -2.28. The van der Waals surface area contributed by atoms with Crippen molar-refractivity contribution in [3.63, 3.8) is 0 Å². The van der Waals surface area contributed by atoms with Gasteiger partial charge in [0.2, 0.25) is 0 Å². The second-order valence-electron chi connectivity index (χ2n) is 4.09. The molecule has 0 unspecified atom stereocenters. The summed E-state index contributed by atoms with van der Waals surface area (Å²) in [4.78, 5) is 21.3. The predicted octanol–water partition coefficient (Wildman–Crippen LogP) is 1.02. The zero-order valence-corrected chi connectivity index (χ0v) is 10.6. The molecule has 0 saturated heterocycles. The van der Waals surface area contributed by atoms with Crippen LogP contribution in [0.25, 0.3) is 11.0 Å². The van der Waals surface area contributed by atoms with Crippen LogP contribution in [-0.4, -0.2) is 40.1 Å². The number of aromatic amines is 1. The highest BCUT2D eigenvalue weighted by atomic mass is 32.1. The fourth-order valence-electron chi connectivity index (χ4n) is 1.59. The van der Waals surface area contributed by atoms with Crippen molar-refractivity contribution in [3.8, 4) is 0 Å². The molecular weight excluding hydrogens is 236 g/mol. The fourth-order valence-corrected chi connectivity index (χ4v) is 1.86. The van der Waals surface area contributed by atoms with Gasteiger partial charge in [0, 0.05) is 19.3 Å². The van der Waals surface area contributed by atoms with Gasteiger partial charge < -0.3 is 9.88 Å². The first-order valence-corrected chi connectivity index (χ1v) is 5.73. The smallest absolute Gasteiger partial charge is 0.263 e. The minimum absolute atomic E-state index is 0.0845.